The lowest BCUT2D eigenvalue weighted by Crippen LogP contribution is -2.31. The molecule has 0 fully saturated rings. The monoisotopic (exact) mass is 540 g/mol. The molecule has 200 valence electrons. The molecule has 0 radical (unpaired) electrons. The van der Waals surface area contributed by atoms with Crippen molar-refractivity contribution in [1.82, 2.24) is 20.3 Å². The molecule has 1 aromatic heterocycles. The maximum Gasteiger partial charge on any atom is 0.269 e. The van der Waals surface area contributed by atoms with Crippen LogP contribution >= 0.6 is 0 Å². The number of aromatic nitrogens is 1. The number of nitrogens with zero attached hydrogens (tertiary/aromatic N) is 1. The van der Waals surface area contributed by atoms with Crippen molar-refractivity contribution >= 4 is 27.7 Å². The molecule has 3 N–H and O–H groups in total. The number of nitrogens with one attached hydrogen (secondary N) is 3. The Labute approximate surface area is 220 Å². The first kappa shape index (κ1) is 28.3. The Balaban J connectivity index is 1.60. The standard InChI is InChI=1S/C26H28N4O7S/c1-36-14-13-28-26(33)23-10-9-20(17-29-23)25(32)30-38(34,35)22-8-4-6-19(16-22)24(31)27-12-11-18-5-3-7-21(15-18)37-2/h3-10,15-17H,11-14H2,1-2H3,(H,27,31)(H,28,33)(H,30,32). The van der Waals surface area contributed by atoms with Gasteiger partial charge in [0.15, 0.2) is 0 Å². The van der Waals surface area contributed by atoms with E-state index in [4.69, 9.17) is 9.47 Å². The van der Waals surface area contributed by atoms with Gasteiger partial charge < -0.3 is 20.1 Å². The summed E-state index contributed by atoms with van der Waals surface area (Å²) in [4.78, 5) is 40.8. The Morgan fingerprint density at radius 3 is 2.32 bits per heavy atom. The van der Waals surface area contributed by atoms with Crippen molar-refractivity contribution in [1.29, 1.82) is 0 Å². The predicted molar refractivity (Wildman–Crippen MR) is 139 cm³/mol. The third-order valence-corrected chi connectivity index (χ3v) is 6.65. The van der Waals surface area contributed by atoms with Crippen LogP contribution in [0, 0.1) is 0 Å². The Kier molecular flexibility index (Phi) is 9.91. The van der Waals surface area contributed by atoms with E-state index in [9.17, 15) is 22.8 Å². The number of carbonyl (C=O) groups is 3. The Bertz CT molecular complexity index is 1390. The lowest BCUT2D eigenvalue weighted by atomic mass is 10.1. The van der Waals surface area contributed by atoms with Crippen molar-refractivity contribution < 1.29 is 32.3 Å². The summed E-state index contributed by atoms with van der Waals surface area (Å²) in [6.07, 6.45) is 1.65. The van der Waals surface area contributed by atoms with Gasteiger partial charge in [-0.05, 0) is 54.4 Å². The van der Waals surface area contributed by atoms with E-state index >= 15 is 0 Å². The highest BCUT2D eigenvalue weighted by Gasteiger charge is 2.21. The van der Waals surface area contributed by atoms with Crippen LogP contribution in [0.1, 0.15) is 36.8 Å². The van der Waals surface area contributed by atoms with Crippen molar-refractivity contribution in [3.05, 3.63) is 89.2 Å². The summed E-state index contributed by atoms with van der Waals surface area (Å²) in [5, 5.41) is 5.34. The Morgan fingerprint density at radius 2 is 1.61 bits per heavy atom. The second-order valence-electron chi connectivity index (χ2n) is 8.00. The largest absolute Gasteiger partial charge is 0.497 e. The van der Waals surface area contributed by atoms with E-state index in [0.717, 1.165) is 11.8 Å². The molecule has 1 heterocycles. The topological polar surface area (TPSA) is 153 Å². The maximum atomic E-state index is 12.8. The molecule has 0 unspecified atom stereocenters. The molecule has 12 heteroatoms. The highest BCUT2D eigenvalue weighted by atomic mass is 32.2. The van der Waals surface area contributed by atoms with Crippen molar-refractivity contribution in [3.8, 4) is 5.75 Å². The highest BCUT2D eigenvalue weighted by Crippen LogP contribution is 2.14. The predicted octanol–water partition coefficient (Wildman–Crippen LogP) is 1.56. The van der Waals surface area contributed by atoms with Gasteiger partial charge >= 0.3 is 0 Å². The van der Waals surface area contributed by atoms with Gasteiger partial charge in [0.2, 0.25) is 0 Å². The number of hydrogen-bond acceptors (Lipinski definition) is 8. The summed E-state index contributed by atoms with van der Waals surface area (Å²) >= 11 is 0. The van der Waals surface area contributed by atoms with Crippen LogP contribution in [0.4, 0.5) is 0 Å². The number of ether oxygens (including phenoxy) is 2. The van der Waals surface area contributed by atoms with Crippen molar-refractivity contribution in [2.45, 2.75) is 11.3 Å². The molecule has 0 saturated heterocycles. The minimum atomic E-state index is -4.29. The first-order valence-corrected chi connectivity index (χ1v) is 13.0. The summed E-state index contributed by atoms with van der Waals surface area (Å²) < 4.78 is 37.6. The molecule has 0 aliphatic rings. The molecule has 0 aliphatic heterocycles. The van der Waals surface area contributed by atoms with Crippen molar-refractivity contribution in [2.75, 3.05) is 33.9 Å². The average molecular weight is 541 g/mol. The van der Waals surface area contributed by atoms with E-state index in [-0.39, 0.29) is 28.3 Å². The van der Waals surface area contributed by atoms with E-state index in [1.807, 2.05) is 29.0 Å². The SMILES string of the molecule is COCCNC(=O)c1ccc(C(=O)NS(=O)(=O)c2cccc(C(=O)NCCc3cccc(OC)c3)c2)cn1. The molecule has 2 aromatic carbocycles. The normalized spacial score (nSPS) is 10.9. The number of hydrogen-bond donors (Lipinski definition) is 3. The fourth-order valence-electron chi connectivity index (χ4n) is 3.31. The first-order chi connectivity index (χ1) is 18.2. The molecule has 0 atom stereocenters. The van der Waals surface area contributed by atoms with Gasteiger partial charge in [-0.1, -0.05) is 18.2 Å². The number of sulfonamides is 1. The zero-order valence-corrected chi connectivity index (χ0v) is 21.7. The third kappa shape index (κ3) is 7.85. The molecule has 0 spiro atoms. The third-order valence-electron chi connectivity index (χ3n) is 5.32. The summed E-state index contributed by atoms with van der Waals surface area (Å²) in [5.74, 6) is -1.14. The van der Waals surface area contributed by atoms with Crippen LogP contribution in [0.2, 0.25) is 0 Å². The zero-order chi connectivity index (χ0) is 27.5. The summed E-state index contributed by atoms with van der Waals surface area (Å²) in [7, 11) is -1.22. The van der Waals surface area contributed by atoms with Crippen LogP contribution in [-0.4, -0.2) is 65.0 Å². The van der Waals surface area contributed by atoms with Gasteiger partial charge in [-0.15, -0.1) is 0 Å². The minimum Gasteiger partial charge on any atom is -0.497 e. The van der Waals surface area contributed by atoms with Crippen molar-refractivity contribution in [2.24, 2.45) is 0 Å². The van der Waals surface area contributed by atoms with Crippen LogP contribution in [0.15, 0.2) is 71.8 Å². The molecule has 3 rings (SSSR count). The number of carbonyl (C=O) groups excluding carboxylic acids is 3. The number of methoxy groups -OCH3 is 2. The molecule has 3 amide bonds. The molecule has 0 saturated carbocycles. The maximum absolute atomic E-state index is 12.8. The van der Waals surface area contributed by atoms with E-state index in [1.165, 1.54) is 43.5 Å². The molecule has 3 aromatic rings. The summed E-state index contributed by atoms with van der Waals surface area (Å²) in [6, 6.07) is 15.4. The first-order valence-electron chi connectivity index (χ1n) is 11.5. The lowest BCUT2D eigenvalue weighted by molar-refractivity contribution is 0.0927. The summed E-state index contributed by atoms with van der Waals surface area (Å²) in [6.45, 7) is 0.945. The summed E-state index contributed by atoms with van der Waals surface area (Å²) in [5.41, 5.74) is 1.09. The van der Waals surface area contributed by atoms with Gasteiger partial charge in [-0.25, -0.2) is 13.1 Å². The fraction of sp³-hybridized carbons (Fsp3) is 0.231. The number of amides is 3. The second-order valence-corrected chi connectivity index (χ2v) is 9.68. The van der Waals surface area contributed by atoms with Crippen molar-refractivity contribution in [3.63, 3.8) is 0 Å². The lowest BCUT2D eigenvalue weighted by Gasteiger charge is -2.10. The Morgan fingerprint density at radius 1 is 0.842 bits per heavy atom. The second kappa shape index (κ2) is 13.3. The molecule has 0 bridgehead atoms. The van der Waals surface area contributed by atoms with Gasteiger partial charge in [0.25, 0.3) is 27.7 Å². The smallest absolute Gasteiger partial charge is 0.269 e. The quantitative estimate of drug-likeness (QED) is 0.293. The Hall–Kier alpha value is -4.29. The molecule has 11 nitrogen and oxygen atoms in total. The fourth-order valence-corrected chi connectivity index (χ4v) is 4.33. The molecule has 0 aliphatic carbocycles. The van der Waals surface area contributed by atoms with E-state index in [0.29, 0.717) is 25.3 Å². The van der Waals surface area contributed by atoms with Gasteiger partial charge in [-0.2, -0.15) is 0 Å². The van der Waals surface area contributed by atoms with Crippen LogP contribution < -0.4 is 20.1 Å². The van der Waals surface area contributed by atoms with Crippen LogP contribution in [-0.2, 0) is 21.2 Å². The van der Waals surface area contributed by atoms with E-state index in [1.54, 1.807) is 7.11 Å². The molecular weight excluding hydrogens is 512 g/mol. The molecule has 38 heavy (non-hydrogen) atoms. The number of pyridine rings is 1. The van der Waals surface area contributed by atoms with Gasteiger partial charge in [0.05, 0.1) is 24.2 Å². The van der Waals surface area contributed by atoms with Gasteiger partial charge in [-0.3, -0.25) is 19.4 Å². The highest BCUT2D eigenvalue weighted by molar-refractivity contribution is 7.90. The van der Waals surface area contributed by atoms with Crippen LogP contribution in [0.3, 0.4) is 0 Å². The van der Waals surface area contributed by atoms with Crippen LogP contribution in [0.25, 0.3) is 0 Å². The van der Waals surface area contributed by atoms with E-state index in [2.05, 4.69) is 15.6 Å². The number of rotatable bonds is 12. The van der Waals surface area contributed by atoms with E-state index < -0.39 is 27.7 Å². The number of benzene rings is 2. The molecular formula is C26H28N4O7S. The van der Waals surface area contributed by atoms with Gasteiger partial charge in [0, 0.05) is 32.0 Å². The zero-order valence-electron chi connectivity index (χ0n) is 20.9. The average Bonchev–Trinajstić information content (AvgIpc) is 2.93. The minimum absolute atomic E-state index is 0.0608. The van der Waals surface area contributed by atoms with Crippen LogP contribution in [0.5, 0.6) is 5.75 Å². The van der Waals surface area contributed by atoms with Gasteiger partial charge in [0.1, 0.15) is 11.4 Å².